The van der Waals surface area contributed by atoms with Crippen molar-refractivity contribution in [2.45, 2.75) is 46.1 Å². The van der Waals surface area contributed by atoms with Crippen LogP contribution in [0.25, 0.3) is 0 Å². The number of aromatic amines is 1. The van der Waals surface area contributed by atoms with Crippen molar-refractivity contribution >= 4 is 5.91 Å². The van der Waals surface area contributed by atoms with Gasteiger partial charge < -0.3 is 4.90 Å². The minimum Gasteiger partial charge on any atom is -0.334 e. The fraction of sp³-hybridized carbons (Fsp3) is 0.714. The van der Waals surface area contributed by atoms with Gasteiger partial charge in [0.15, 0.2) is 0 Å². The zero-order valence-corrected chi connectivity index (χ0v) is 11.5. The van der Waals surface area contributed by atoms with E-state index in [0.717, 1.165) is 19.4 Å². The third-order valence-electron chi connectivity index (χ3n) is 3.98. The molecule has 1 aromatic rings. The third kappa shape index (κ3) is 2.74. The van der Waals surface area contributed by atoms with Crippen LogP contribution in [-0.4, -0.2) is 33.6 Å². The van der Waals surface area contributed by atoms with Crippen molar-refractivity contribution in [1.82, 2.24) is 15.1 Å². The Labute approximate surface area is 109 Å². The van der Waals surface area contributed by atoms with Crippen LogP contribution in [0.2, 0.25) is 0 Å². The summed E-state index contributed by atoms with van der Waals surface area (Å²) < 4.78 is 0. The van der Waals surface area contributed by atoms with Gasteiger partial charge in [0.1, 0.15) is 5.69 Å². The van der Waals surface area contributed by atoms with E-state index in [9.17, 15) is 4.79 Å². The number of amides is 1. The van der Waals surface area contributed by atoms with E-state index in [1.807, 2.05) is 4.90 Å². The van der Waals surface area contributed by atoms with Gasteiger partial charge in [-0.15, -0.1) is 0 Å². The molecule has 2 rings (SSSR count). The number of likely N-dealkylation sites (tertiary alicyclic amines) is 1. The summed E-state index contributed by atoms with van der Waals surface area (Å²) in [7, 11) is 0. The molecule has 100 valence electrons. The summed E-state index contributed by atoms with van der Waals surface area (Å²) in [6, 6.07) is 2.11. The van der Waals surface area contributed by atoms with Crippen LogP contribution in [0, 0.1) is 11.8 Å². The summed E-state index contributed by atoms with van der Waals surface area (Å²) in [5, 5.41) is 6.66. The lowest BCUT2D eigenvalue weighted by Crippen LogP contribution is -2.43. The normalized spacial score (nSPS) is 25.2. The largest absolute Gasteiger partial charge is 0.334 e. The highest BCUT2D eigenvalue weighted by Crippen LogP contribution is 2.26. The zero-order valence-electron chi connectivity index (χ0n) is 11.5. The molecule has 4 heteroatoms. The van der Waals surface area contributed by atoms with E-state index in [0.29, 0.717) is 23.6 Å². The number of hydrogen-bond acceptors (Lipinski definition) is 2. The molecule has 1 aliphatic rings. The van der Waals surface area contributed by atoms with Crippen LogP contribution >= 0.6 is 0 Å². The van der Waals surface area contributed by atoms with Crippen LogP contribution in [0.4, 0.5) is 0 Å². The molecule has 4 nitrogen and oxygen atoms in total. The van der Waals surface area contributed by atoms with Crippen molar-refractivity contribution in [3.05, 3.63) is 18.0 Å². The summed E-state index contributed by atoms with van der Waals surface area (Å²) in [4.78, 5) is 14.5. The van der Waals surface area contributed by atoms with E-state index in [4.69, 9.17) is 0 Å². The molecule has 1 amide bonds. The Hall–Kier alpha value is -1.32. The Morgan fingerprint density at radius 3 is 2.83 bits per heavy atom. The van der Waals surface area contributed by atoms with E-state index >= 15 is 0 Å². The highest BCUT2D eigenvalue weighted by molar-refractivity contribution is 5.92. The molecule has 1 aromatic heterocycles. The Morgan fingerprint density at radius 1 is 1.44 bits per heavy atom. The quantitative estimate of drug-likeness (QED) is 0.876. The molecule has 1 N–H and O–H groups in total. The fourth-order valence-electron chi connectivity index (χ4n) is 2.76. The minimum atomic E-state index is 0.0975. The van der Waals surface area contributed by atoms with Crippen molar-refractivity contribution in [3.8, 4) is 0 Å². The summed E-state index contributed by atoms with van der Waals surface area (Å²) in [6.07, 6.45) is 5.06. The average Bonchev–Trinajstić information content (AvgIpc) is 2.78. The van der Waals surface area contributed by atoms with E-state index in [-0.39, 0.29) is 5.91 Å². The lowest BCUT2D eigenvalue weighted by molar-refractivity contribution is 0.0625. The summed E-state index contributed by atoms with van der Waals surface area (Å²) in [5.41, 5.74) is 0.607. The van der Waals surface area contributed by atoms with Crippen LogP contribution < -0.4 is 0 Å². The van der Waals surface area contributed by atoms with Gasteiger partial charge in [0.05, 0.1) is 0 Å². The molecule has 2 atom stereocenters. The van der Waals surface area contributed by atoms with E-state index in [1.165, 1.54) is 6.42 Å². The zero-order chi connectivity index (χ0) is 13.1. The first-order chi connectivity index (χ1) is 8.59. The molecule has 0 spiro atoms. The van der Waals surface area contributed by atoms with Crippen molar-refractivity contribution in [2.24, 2.45) is 11.8 Å². The second-order valence-corrected chi connectivity index (χ2v) is 5.75. The standard InChI is InChI=1S/C14H23N3O/c1-10(2)13-5-4-11(3)7-9-17(13)14(18)12-6-8-15-16-12/h6,8,10-11,13H,4-5,7,9H2,1-3H3,(H,15,16)/t11-,13+/m1/s1. The monoisotopic (exact) mass is 249 g/mol. The molecule has 1 saturated heterocycles. The molecule has 18 heavy (non-hydrogen) atoms. The van der Waals surface area contributed by atoms with Crippen molar-refractivity contribution < 1.29 is 4.79 Å². The second kappa shape index (κ2) is 5.55. The Morgan fingerprint density at radius 2 is 2.22 bits per heavy atom. The van der Waals surface area contributed by atoms with Crippen LogP contribution in [-0.2, 0) is 0 Å². The van der Waals surface area contributed by atoms with E-state index in [1.54, 1.807) is 12.3 Å². The number of carbonyl (C=O) groups is 1. The third-order valence-corrected chi connectivity index (χ3v) is 3.98. The van der Waals surface area contributed by atoms with Gasteiger partial charge in [-0.3, -0.25) is 9.89 Å². The van der Waals surface area contributed by atoms with Gasteiger partial charge in [-0.05, 0) is 37.2 Å². The van der Waals surface area contributed by atoms with Gasteiger partial charge >= 0.3 is 0 Å². The minimum absolute atomic E-state index is 0.0975. The molecule has 0 radical (unpaired) electrons. The van der Waals surface area contributed by atoms with Crippen molar-refractivity contribution in [3.63, 3.8) is 0 Å². The molecule has 0 bridgehead atoms. The summed E-state index contributed by atoms with van der Waals surface area (Å²) >= 11 is 0. The van der Waals surface area contributed by atoms with Crippen molar-refractivity contribution in [2.75, 3.05) is 6.54 Å². The first-order valence-electron chi connectivity index (χ1n) is 6.90. The van der Waals surface area contributed by atoms with Gasteiger partial charge in [0.25, 0.3) is 5.91 Å². The number of carbonyl (C=O) groups excluding carboxylic acids is 1. The van der Waals surface area contributed by atoms with Crippen LogP contribution in [0.3, 0.4) is 0 Å². The molecular weight excluding hydrogens is 226 g/mol. The van der Waals surface area contributed by atoms with Crippen LogP contribution in [0.5, 0.6) is 0 Å². The number of nitrogens with zero attached hydrogens (tertiary/aromatic N) is 2. The van der Waals surface area contributed by atoms with Crippen LogP contribution in [0.15, 0.2) is 12.3 Å². The number of aromatic nitrogens is 2. The van der Waals surface area contributed by atoms with Gasteiger partial charge in [-0.2, -0.15) is 5.10 Å². The molecule has 0 aromatic carbocycles. The molecule has 0 unspecified atom stereocenters. The predicted molar refractivity (Wildman–Crippen MR) is 71.3 cm³/mol. The average molecular weight is 249 g/mol. The first kappa shape index (κ1) is 13.1. The van der Waals surface area contributed by atoms with Gasteiger partial charge in [-0.1, -0.05) is 20.8 Å². The van der Waals surface area contributed by atoms with Gasteiger partial charge in [0.2, 0.25) is 0 Å². The van der Waals surface area contributed by atoms with Gasteiger partial charge in [-0.25, -0.2) is 0 Å². The Kier molecular flexibility index (Phi) is 4.04. The molecule has 0 aliphatic carbocycles. The highest BCUT2D eigenvalue weighted by Gasteiger charge is 2.30. The molecule has 1 aliphatic heterocycles. The lowest BCUT2D eigenvalue weighted by Gasteiger charge is -2.32. The number of H-pyrrole nitrogens is 1. The maximum absolute atomic E-state index is 12.5. The Balaban J connectivity index is 2.18. The Bertz CT molecular complexity index is 386. The smallest absolute Gasteiger partial charge is 0.272 e. The fourth-order valence-corrected chi connectivity index (χ4v) is 2.76. The van der Waals surface area contributed by atoms with E-state index < -0.39 is 0 Å². The van der Waals surface area contributed by atoms with Gasteiger partial charge in [0, 0.05) is 18.8 Å². The van der Waals surface area contributed by atoms with Crippen LogP contribution in [0.1, 0.15) is 50.5 Å². The molecule has 2 heterocycles. The number of hydrogen-bond donors (Lipinski definition) is 1. The summed E-state index contributed by atoms with van der Waals surface area (Å²) in [5.74, 6) is 1.31. The lowest BCUT2D eigenvalue weighted by atomic mass is 9.95. The molecule has 1 fully saturated rings. The maximum Gasteiger partial charge on any atom is 0.272 e. The number of rotatable bonds is 2. The SMILES string of the molecule is CC(C)[C@@H]1CC[C@@H](C)CCN1C(=O)c1ccn[nH]1. The molecule has 0 saturated carbocycles. The first-order valence-corrected chi connectivity index (χ1v) is 6.90. The molecular formula is C14H23N3O. The topological polar surface area (TPSA) is 49.0 Å². The van der Waals surface area contributed by atoms with E-state index in [2.05, 4.69) is 31.0 Å². The number of nitrogens with one attached hydrogen (secondary N) is 1. The maximum atomic E-state index is 12.5. The van der Waals surface area contributed by atoms with Crippen molar-refractivity contribution in [1.29, 1.82) is 0 Å². The summed E-state index contributed by atoms with van der Waals surface area (Å²) in [6.45, 7) is 7.55. The highest BCUT2D eigenvalue weighted by atomic mass is 16.2. The second-order valence-electron chi connectivity index (χ2n) is 5.75. The predicted octanol–water partition coefficient (Wildman–Crippen LogP) is 2.70.